The third-order valence-electron chi connectivity index (χ3n) is 1.25. The summed E-state index contributed by atoms with van der Waals surface area (Å²) in [5.74, 6) is 0. The fourth-order valence-corrected chi connectivity index (χ4v) is 0.575. The number of rotatable bonds is 5. The molecule has 2 N–H and O–H groups in total. The van der Waals surface area contributed by atoms with Gasteiger partial charge in [-0.2, -0.15) is 0 Å². The summed E-state index contributed by atoms with van der Waals surface area (Å²) in [5.41, 5.74) is -2.40. The molecule has 0 aromatic rings. The van der Waals surface area contributed by atoms with Gasteiger partial charge in [-0.3, -0.25) is 0 Å². The first-order valence-electron chi connectivity index (χ1n) is 3.35. The molecule has 0 aliphatic heterocycles. The van der Waals surface area contributed by atoms with Crippen LogP contribution < -0.4 is 0 Å². The van der Waals surface area contributed by atoms with E-state index in [9.17, 15) is 18.4 Å². The van der Waals surface area contributed by atoms with E-state index in [1.807, 2.05) is 0 Å². The van der Waals surface area contributed by atoms with Gasteiger partial charge in [-0.15, -0.1) is 0 Å². The van der Waals surface area contributed by atoms with Crippen LogP contribution in [0.25, 0.3) is 0 Å². The van der Waals surface area contributed by atoms with Crippen molar-refractivity contribution in [1.29, 1.82) is 0 Å². The van der Waals surface area contributed by atoms with Crippen molar-refractivity contribution >= 4 is 12.3 Å². The molecule has 0 aliphatic carbocycles. The molecule has 0 saturated heterocycles. The van der Waals surface area contributed by atoms with Crippen molar-refractivity contribution in [1.82, 2.24) is 0 Å². The van der Waals surface area contributed by atoms with Crippen LogP contribution in [0.2, 0.25) is 0 Å². The molecular weight excluding hydrogens is 206 g/mol. The first-order valence-corrected chi connectivity index (χ1v) is 3.35. The molecule has 8 heteroatoms. The van der Waals surface area contributed by atoms with Gasteiger partial charge in [0.1, 0.15) is 20.0 Å². The third-order valence-corrected chi connectivity index (χ3v) is 1.25. The average molecular weight is 214 g/mol. The van der Waals surface area contributed by atoms with Crippen LogP contribution in [-0.4, -0.2) is 48.1 Å². The smallest absolute Gasteiger partial charge is 0.450 e. The Labute approximate surface area is 77.0 Å². The second-order valence-electron chi connectivity index (χ2n) is 2.37. The van der Waals surface area contributed by atoms with E-state index in [1.165, 1.54) is 0 Å². The van der Waals surface area contributed by atoms with E-state index in [-0.39, 0.29) is 0 Å². The Morgan fingerprint density at radius 1 is 1.14 bits per heavy atom. The van der Waals surface area contributed by atoms with Gasteiger partial charge in [-0.25, -0.2) is 18.4 Å². The Morgan fingerprint density at radius 3 is 1.93 bits per heavy atom. The Balaban J connectivity index is 4.36. The topological polar surface area (TPSA) is 93.1 Å². The molecule has 14 heavy (non-hydrogen) atoms. The van der Waals surface area contributed by atoms with E-state index >= 15 is 0 Å². The van der Waals surface area contributed by atoms with Gasteiger partial charge in [-0.05, 0) is 0 Å². The molecule has 0 radical (unpaired) electrons. The molecule has 0 spiro atoms. The number of carboxylic acid groups (broad SMARTS) is 2. The monoisotopic (exact) mass is 214 g/mol. The highest BCUT2D eigenvalue weighted by Gasteiger charge is 2.37. The number of carbonyl (C=O) groups is 2. The lowest BCUT2D eigenvalue weighted by atomic mass is 10.1. The molecular formula is C6H8F2O6. The van der Waals surface area contributed by atoms with Crippen LogP contribution in [0.5, 0.6) is 0 Å². The molecule has 0 amide bonds. The van der Waals surface area contributed by atoms with Crippen LogP contribution in [0.4, 0.5) is 18.4 Å². The quantitative estimate of drug-likeness (QED) is 0.664. The Kier molecular flexibility index (Phi) is 4.60. The van der Waals surface area contributed by atoms with Gasteiger partial charge in [0.15, 0.2) is 0 Å². The molecule has 0 aromatic heterocycles. The van der Waals surface area contributed by atoms with Gasteiger partial charge in [0.05, 0.1) is 0 Å². The van der Waals surface area contributed by atoms with Crippen molar-refractivity contribution in [3.8, 4) is 0 Å². The zero-order chi connectivity index (χ0) is 11.2. The largest absolute Gasteiger partial charge is 0.506 e. The van der Waals surface area contributed by atoms with Gasteiger partial charge in [0, 0.05) is 0 Å². The van der Waals surface area contributed by atoms with E-state index in [0.717, 1.165) is 0 Å². The number of hydrogen-bond acceptors (Lipinski definition) is 4. The standard InChI is InChI=1S/C6H8F2O6/c7-1-6(2-8,14-5(11)12)3-13-4(9)10/h1-3H2,(H,9,10)(H,11,12). The zero-order valence-electron chi connectivity index (χ0n) is 6.90. The Bertz CT molecular complexity index is 214. The van der Waals surface area contributed by atoms with Gasteiger partial charge in [-0.1, -0.05) is 0 Å². The lowest BCUT2D eigenvalue weighted by Gasteiger charge is -2.24. The average Bonchev–Trinajstić information content (AvgIpc) is 2.11. The molecule has 0 fully saturated rings. The lowest BCUT2D eigenvalue weighted by Crippen LogP contribution is -2.44. The van der Waals surface area contributed by atoms with Gasteiger partial charge in [0.2, 0.25) is 5.60 Å². The lowest BCUT2D eigenvalue weighted by molar-refractivity contribution is -0.0845. The fourth-order valence-electron chi connectivity index (χ4n) is 0.575. The zero-order valence-corrected chi connectivity index (χ0v) is 6.90. The molecule has 82 valence electrons. The molecule has 0 bridgehead atoms. The molecule has 0 rings (SSSR count). The summed E-state index contributed by atoms with van der Waals surface area (Å²) in [6, 6.07) is 0. The summed E-state index contributed by atoms with van der Waals surface area (Å²) in [6.45, 7) is -4.05. The molecule has 6 nitrogen and oxygen atoms in total. The molecule has 0 unspecified atom stereocenters. The second kappa shape index (κ2) is 5.20. The third kappa shape index (κ3) is 3.87. The maximum Gasteiger partial charge on any atom is 0.506 e. The van der Waals surface area contributed by atoms with E-state index < -0.39 is 37.9 Å². The highest BCUT2D eigenvalue weighted by Crippen LogP contribution is 2.14. The minimum Gasteiger partial charge on any atom is -0.450 e. The SMILES string of the molecule is O=C(O)OCC(CF)(CF)OC(=O)O. The summed E-state index contributed by atoms with van der Waals surface area (Å²) in [5, 5.41) is 16.1. The first-order chi connectivity index (χ1) is 6.45. The number of hydrogen-bond donors (Lipinski definition) is 2. The second-order valence-corrected chi connectivity index (χ2v) is 2.37. The number of ether oxygens (including phenoxy) is 2. The van der Waals surface area contributed by atoms with Gasteiger partial charge in [0.25, 0.3) is 0 Å². The van der Waals surface area contributed by atoms with Crippen molar-refractivity contribution in [2.24, 2.45) is 0 Å². The van der Waals surface area contributed by atoms with Crippen molar-refractivity contribution in [3.63, 3.8) is 0 Å². The summed E-state index contributed by atoms with van der Waals surface area (Å²) < 4.78 is 32.1. The predicted molar refractivity (Wildman–Crippen MR) is 37.8 cm³/mol. The number of alkyl halides is 2. The van der Waals surface area contributed by atoms with Crippen molar-refractivity contribution in [2.45, 2.75) is 5.60 Å². The molecule has 0 aliphatic rings. The van der Waals surface area contributed by atoms with Crippen molar-refractivity contribution in [3.05, 3.63) is 0 Å². The number of halogens is 2. The van der Waals surface area contributed by atoms with E-state index in [1.54, 1.807) is 0 Å². The summed E-state index contributed by atoms with van der Waals surface area (Å²) >= 11 is 0. The maximum atomic E-state index is 12.2. The van der Waals surface area contributed by atoms with Crippen LogP contribution in [0, 0.1) is 0 Å². The molecule has 0 atom stereocenters. The molecule has 0 aromatic carbocycles. The summed E-state index contributed by atoms with van der Waals surface area (Å²) in [7, 11) is 0. The summed E-state index contributed by atoms with van der Waals surface area (Å²) in [6.07, 6.45) is -3.68. The minimum atomic E-state index is -2.40. The van der Waals surface area contributed by atoms with Crippen molar-refractivity contribution in [2.75, 3.05) is 20.0 Å². The first kappa shape index (κ1) is 12.4. The van der Waals surface area contributed by atoms with Crippen LogP contribution in [0.15, 0.2) is 0 Å². The van der Waals surface area contributed by atoms with Crippen LogP contribution in [0.1, 0.15) is 0 Å². The molecule has 0 saturated carbocycles. The van der Waals surface area contributed by atoms with E-state index in [2.05, 4.69) is 9.47 Å². The van der Waals surface area contributed by atoms with E-state index in [4.69, 9.17) is 10.2 Å². The van der Waals surface area contributed by atoms with Crippen LogP contribution in [-0.2, 0) is 9.47 Å². The molecule has 0 heterocycles. The predicted octanol–water partition coefficient (Wildman–Crippen LogP) is 1.05. The Hall–Kier alpha value is -1.60. The van der Waals surface area contributed by atoms with E-state index in [0.29, 0.717) is 0 Å². The fraction of sp³-hybridized carbons (Fsp3) is 0.667. The Morgan fingerprint density at radius 2 is 1.64 bits per heavy atom. The normalized spacial score (nSPS) is 10.7. The van der Waals surface area contributed by atoms with Gasteiger partial charge < -0.3 is 19.7 Å². The highest BCUT2D eigenvalue weighted by atomic mass is 19.1. The minimum absolute atomic E-state index is 1.03. The highest BCUT2D eigenvalue weighted by molar-refractivity contribution is 5.58. The maximum absolute atomic E-state index is 12.2. The van der Waals surface area contributed by atoms with Crippen LogP contribution >= 0.6 is 0 Å². The van der Waals surface area contributed by atoms with Crippen LogP contribution in [0.3, 0.4) is 0 Å². The van der Waals surface area contributed by atoms with Crippen molar-refractivity contribution < 1.29 is 38.1 Å². The van der Waals surface area contributed by atoms with Gasteiger partial charge >= 0.3 is 12.3 Å². The summed E-state index contributed by atoms with van der Waals surface area (Å²) in [4.78, 5) is 19.9.